The molecule has 0 amide bonds. The van der Waals surface area contributed by atoms with E-state index >= 15 is 0 Å². The predicted molar refractivity (Wildman–Crippen MR) is 91.6 cm³/mol. The van der Waals surface area contributed by atoms with Crippen molar-refractivity contribution in [1.82, 2.24) is 0 Å². The summed E-state index contributed by atoms with van der Waals surface area (Å²) in [5.41, 5.74) is 1.64. The van der Waals surface area contributed by atoms with Crippen molar-refractivity contribution >= 4 is 34.7 Å². The second-order valence-electron chi connectivity index (χ2n) is 5.60. The third kappa shape index (κ3) is 3.82. The van der Waals surface area contributed by atoms with Crippen molar-refractivity contribution in [2.24, 2.45) is 0 Å². The number of benzene rings is 1. The molecule has 2 aromatic rings. The molecule has 0 unspecified atom stereocenters. The number of rotatable bonds is 4. The van der Waals surface area contributed by atoms with Gasteiger partial charge in [-0.15, -0.1) is 11.3 Å². The minimum Gasteiger partial charge on any atom is -0.453 e. The number of thiophene rings is 1. The third-order valence-electron chi connectivity index (χ3n) is 3.96. The van der Waals surface area contributed by atoms with Crippen LogP contribution in [0.3, 0.4) is 0 Å². The highest BCUT2D eigenvalue weighted by atomic mass is 35.5. The molecule has 23 heavy (non-hydrogen) atoms. The first-order valence-electron chi connectivity index (χ1n) is 7.71. The lowest BCUT2D eigenvalue weighted by Crippen LogP contribution is -2.13. The zero-order valence-corrected chi connectivity index (χ0v) is 14.2. The van der Waals surface area contributed by atoms with E-state index in [0.29, 0.717) is 15.5 Å². The summed E-state index contributed by atoms with van der Waals surface area (Å²) in [4.78, 5) is 26.1. The van der Waals surface area contributed by atoms with Crippen LogP contribution in [0.25, 0.3) is 0 Å². The second-order valence-corrected chi connectivity index (χ2v) is 7.14. The molecule has 1 aromatic heterocycles. The molecule has 0 N–H and O–H groups in total. The van der Waals surface area contributed by atoms with E-state index in [1.165, 1.54) is 41.0 Å². The van der Waals surface area contributed by atoms with Gasteiger partial charge in [-0.3, -0.25) is 4.79 Å². The van der Waals surface area contributed by atoms with E-state index in [1.54, 1.807) is 24.3 Å². The van der Waals surface area contributed by atoms with Crippen LogP contribution in [0.5, 0.6) is 0 Å². The molecule has 1 aliphatic carbocycles. The molecule has 3 nitrogen and oxygen atoms in total. The number of carbonyl (C=O) groups is 2. The van der Waals surface area contributed by atoms with E-state index in [4.69, 9.17) is 16.3 Å². The van der Waals surface area contributed by atoms with Crippen LogP contribution in [-0.2, 0) is 17.6 Å². The number of esters is 1. The summed E-state index contributed by atoms with van der Waals surface area (Å²) in [6, 6.07) is 8.69. The van der Waals surface area contributed by atoms with Crippen LogP contribution in [0.2, 0.25) is 5.02 Å². The molecule has 0 saturated heterocycles. The Labute approximate surface area is 144 Å². The lowest BCUT2D eigenvalue weighted by Gasteiger charge is -2.04. The molecule has 0 radical (unpaired) electrons. The molecule has 0 fully saturated rings. The highest BCUT2D eigenvalue weighted by Gasteiger charge is 2.19. The monoisotopic (exact) mass is 348 g/mol. The number of ketones is 1. The van der Waals surface area contributed by atoms with Crippen molar-refractivity contribution in [3.8, 4) is 0 Å². The maximum atomic E-state index is 12.2. The number of halogens is 1. The van der Waals surface area contributed by atoms with Crippen molar-refractivity contribution in [2.75, 3.05) is 6.61 Å². The Hall–Kier alpha value is -1.65. The van der Waals surface area contributed by atoms with Crippen molar-refractivity contribution in [3.05, 3.63) is 56.2 Å². The standard InChI is InChI=1S/C18H17ClO3S/c19-14-8-5-4-7-13(14)15(20)11-22-18(21)17-10-12-6-2-1-3-9-16(12)23-17/h4-5,7-8,10H,1-3,6,9,11H2. The SMILES string of the molecule is O=C(OCC(=O)c1ccccc1Cl)c1cc2c(s1)CCCCC2. The first-order valence-corrected chi connectivity index (χ1v) is 8.91. The van der Waals surface area contributed by atoms with Gasteiger partial charge in [-0.2, -0.15) is 0 Å². The fourth-order valence-corrected chi connectivity index (χ4v) is 4.12. The Balaban J connectivity index is 1.64. The van der Waals surface area contributed by atoms with Gasteiger partial charge in [0.05, 0.1) is 5.02 Å². The van der Waals surface area contributed by atoms with Crippen molar-refractivity contribution in [2.45, 2.75) is 32.1 Å². The molecule has 0 saturated carbocycles. The summed E-state index contributed by atoms with van der Waals surface area (Å²) >= 11 is 7.47. The average molecular weight is 349 g/mol. The lowest BCUT2D eigenvalue weighted by molar-refractivity contribution is 0.0479. The zero-order chi connectivity index (χ0) is 16.2. The smallest absolute Gasteiger partial charge is 0.348 e. The van der Waals surface area contributed by atoms with E-state index < -0.39 is 5.97 Å². The second kappa shape index (κ2) is 7.28. The fourth-order valence-electron chi connectivity index (χ4n) is 2.74. The van der Waals surface area contributed by atoms with E-state index in [-0.39, 0.29) is 12.4 Å². The van der Waals surface area contributed by atoms with Gasteiger partial charge in [0.1, 0.15) is 4.88 Å². The molecule has 0 aliphatic heterocycles. The topological polar surface area (TPSA) is 43.4 Å². The molecule has 0 atom stereocenters. The van der Waals surface area contributed by atoms with Gasteiger partial charge >= 0.3 is 5.97 Å². The number of ether oxygens (including phenoxy) is 1. The van der Waals surface area contributed by atoms with Gasteiger partial charge < -0.3 is 4.74 Å². The number of hydrogen-bond acceptors (Lipinski definition) is 4. The van der Waals surface area contributed by atoms with Gasteiger partial charge in [0.15, 0.2) is 6.61 Å². The molecule has 3 rings (SSSR count). The molecule has 1 aromatic carbocycles. The molecule has 1 heterocycles. The molecule has 5 heteroatoms. The normalized spacial score (nSPS) is 14.0. The van der Waals surface area contributed by atoms with E-state index in [9.17, 15) is 9.59 Å². The quantitative estimate of drug-likeness (QED) is 0.456. The van der Waals surface area contributed by atoms with Crippen LogP contribution in [0.1, 0.15) is 49.7 Å². The van der Waals surface area contributed by atoms with Gasteiger partial charge in [0.25, 0.3) is 0 Å². The number of Topliss-reactive ketones (excluding diaryl/α,β-unsaturated/α-hetero) is 1. The van der Waals surface area contributed by atoms with Crippen LogP contribution in [0, 0.1) is 0 Å². The van der Waals surface area contributed by atoms with Gasteiger partial charge in [0, 0.05) is 10.4 Å². The van der Waals surface area contributed by atoms with Gasteiger partial charge in [-0.25, -0.2) is 4.79 Å². The van der Waals surface area contributed by atoms with Gasteiger partial charge in [-0.1, -0.05) is 30.2 Å². The maximum Gasteiger partial charge on any atom is 0.348 e. The highest BCUT2D eigenvalue weighted by Crippen LogP contribution is 2.29. The van der Waals surface area contributed by atoms with Crippen LogP contribution in [0.15, 0.2) is 30.3 Å². The highest BCUT2D eigenvalue weighted by molar-refractivity contribution is 7.14. The lowest BCUT2D eigenvalue weighted by atomic mass is 10.1. The molecule has 1 aliphatic rings. The van der Waals surface area contributed by atoms with Crippen LogP contribution in [0.4, 0.5) is 0 Å². The summed E-state index contributed by atoms with van der Waals surface area (Å²) in [7, 11) is 0. The Kier molecular flexibility index (Phi) is 5.13. The summed E-state index contributed by atoms with van der Waals surface area (Å²) in [6.45, 7) is -0.287. The minimum absolute atomic E-state index is 0.287. The van der Waals surface area contributed by atoms with E-state index in [2.05, 4.69) is 0 Å². The van der Waals surface area contributed by atoms with Crippen molar-refractivity contribution in [1.29, 1.82) is 0 Å². The average Bonchev–Trinajstić information content (AvgIpc) is 2.84. The van der Waals surface area contributed by atoms with Gasteiger partial charge in [-0.05, 0) is 49.4 Å². The summed E-state index contributed by atoms with van der Waals surface area (Å²) in [5.74, 6) is -0.717. The van der Waals surface area contributed by atoms with Gasteiger partial charge in [0.2, 0.25) is 5.78 Å². The number of hydrogen-bond donors (Lipinski definition) is 0. The Morgan fingerprint density at radius 3 is 2.74 bits per heavy atom. The fraction of sp³-hybridized carbons (Fsp3) is 0.333. The van der Waals surface area contributed by atoms with E-state index in [1.807, 2.05) is 6.07 Å². The number of fused-ring (bicyclic) bond motifs is 1. The molecular formula is C18H17ClO3S. The summed E-state index contributed by atoms with van der Waals surface area (Å²) in [5, 5.41) is 0.372. The summed E-state index contributed by atoms with van der Waals surface area (Å²) < 4.78 is 5.17. The number of aryl methyl sites for hydroxylation is 2. The first-order chi connectivity index (χ1) is 11.1. The number of carbonyl (C=O) groups excluding carboxylic acids is 2. The molecule has 0 spiro atoms. The maximum absolute atomic E-state index is 12.2. The van der Waals surface area contributed by atoms with E-state index in [0.717, 1.165) is 12.8 Å². The Morgan fingerprint density at radius 2 is 1.91 bits per heavy atom. The minimum atomic E-state index is -0.427. The molecule has 0 bridgehead atoms. The van der Waals surface area contributed by atoms with Crippen LogP contribution >= 0.6 is 22.9 Å². The third-order valence-corrected chi connectivity index (χ3v) is 5.50. The summed E-state index contributed by atoms with van der Waals surface area (Å²) in [6.07, 6.45) is 5.65. The molecule has 120 valence electrons. The Bertz CT molecular complexity index is 712. The largest absolute Gasteiger partial charge is 0.453 e. The van der Waals surface area contributed by atoms with Crippen LogP contribution < -0.4 is 0 Å². The zero-order valence-electron chi connectivity index (χ0n) is 12.6. The Morgan fingerprint density at radius 1 is 1.13 bits per heavy atom. The predicted octanol–water partition coefficient (Wildman–Crippen LogP) is 4.71. The van der Waals surface area contributed by atoms with Crippen LogP contribution in [-0.4, -0.2) is 18.4 Å². The first kappa shape index (κ1) is 16.2. The molecular weight excluding hydrogens is 332 g/mol. The van der Waals surface area contributed by atoms with Crippen molar-refractivity contribution < 1.29 is 14.3 Å². The van der Waals surface area contributed by atoms with Crippen molar-refractivity contribution in [3.63, 3.8) is 0 Å².